The zero-order chi connectivity index (χ0) is 11.6. The second kappa shape index (κ2) is 4.72. The zero-order valence-electron chi connectivity index (χ0n) is 11.2. The molecule has 0 radical (unpaired) electrons. The third-order valence-electron chi connectivity index (χ3n) is 5.11. The Bertz CT molecular complexity index is 214. The molecule has 1 saturated carbocycles. The standard InChI is InChI=1S/C15H28/c1-7-9-13(8-2)15(5,6)14-10-11(3)12(14)4/h7,11-14H,1,8-10H2,2-6H3. The molecule has 0 saturated heterocycles. The molecule has 4 atom stereocenters. The maximum Gasteiger partial charge on any atom is -0.0292 e. The Balaban J connectivity index is 2.67. The van der Waals surface area contributed by atoms with E-state index in [4.69, 9.17) is 0 Å². The molecular weight excluding hydrogens is 180 g/mol. The fourth-order valence-electron chi connectivity index (χ4n) is 3.51. The molecule has 15 heavy (non-hydrogen) atoms. The van der Waals surface area contributed by atoms with Crippen molar-refractivity contribution < 1.29 is 0 Å². The number of allylic oxidation sites excluding steroid dienone is 1. The first-order chi connectivity index (χ1) is 6.95. The highest BCUT2D eigenvalue weighted by atomic mass is 14.5. The lowest BCUT2D eigenvalue weighted by atomic mass is 9.52. The first-order valence-corrected chi connectivity index (χ1v) is 6.56. The van der Waals surface area contributed by atoms with Crippen molar-refractivity contribution in [3.05, 3.63) is 12.7 Å². The van der Waals surface area contributed by atoms with Crippen LogP contribution in [0, 0.1) is 29.1 Å². The normalized spacial score (nSPS) is 33.3. The first-order valence-electron chi connectivity index (χ1n) is 6.56. The van der Waals surface area contributed by atoms with Gasteiger partial charge in [-0.25, -0.2) is 0 Å². The molecule has 1 fully saturated rings. The molecule has 88 valence electrons. The van der Waals surface area contributed by atoms with Crippen molar-refractivity contribution in [2.24, 2.45) is 29.1 Å². The smallest absolute Gasteiger partial charge is 0.0292 e. The maximum absolute atomic E-state index is 3.90. The molecule has 1 aliphatic rings. The van der Waals surface area contributed by atoms with Crippen LogP contribution in [0.1, 0.15) is 53.9 Å². The molecule has 0 aliphatic heterocycles. The fraction of sp³-hybridized carbons (Fsp3) is 0.867. The molecular formula is C15H28. The highest BCUT2D eigenvalue weighted by Gasteiger charge is 2.46. The van der Waals surface area contributed by atoms with Crippen molar-refractivity contribution >= 4 is 0 Å². The van der Waals surface area contributed by atoms with Crippen LogP contribution >= 0.6 is 0 Å². The molecule has 0 bridgehead atoms. The molecule has 0 nitrogen and oxygen atoms in total. The van der Waals surface area contributed by atoms with Crippen molar-refractivity contribution in [1.29, 1.82) is 0 Å². The third kappa shape index (κ3) is 2.29. The fourth-order valence-corrected chi connectivity index (χ4v) is 3.51. The molecule has 0 aromatic heterocycles. The summed E-state index contributed by atoms with van der Waals surface area (Å²) in [5.74, 6) is 3.60. The molecule has 0 spiro atoms. The monoisotopic (exact) mass is 208 g/mol. The third-order valence-corrected chi connectivity index (χ3v) is 5.11. The van der Waals surface area contributed by atoms with E-state index in [2.05, 4.69) is 47.3 Å². The van der Waals surface area contributed by atoms with Crippen LogP contribution in [0.5, 0.6) is 0 Å². The van der Waals surface area contributed by atoms with E-state index in [1.165, 1.54) is 19.3 Å². The second-order valence-electron chi connectivity index (χ2n) is 6.13. The molecule has 0 N–H and O–H groups in total. The topological polar surface area (TPSA) is 0 Å². The Morgan fingerprint density at radius 1 is 1.40 bits per heavy atom. The predicted octanol–water partition coefficient (Wildman–Crippen LogP) is 4.91. The van der Waals surface area contributed by atoms with Crippen LogP contribution in [-0.4, -0.2) is 0 Å². The SMILES string of the molecule is C=CCC(CC)C(C)(C)C1CC(C)C1C. The first kappa shape index (κ1) is 12.8. The molecule has 0 aromatic rings. The van der Waals surface area contributed by atoms with Crippen molar-refractivity contribution in [3.63, 3.8) is 0 Å². The van der Waals surface area contributed by atoms with Gasteiger partial charge in [-0.2, -0.15) is 0 Å². The van der Waals surface area contributed by atoms with Crippen LogP contribution in [0.3, 0.4) is 0 Å². The maximum atomic E-state index is 3.90. The van der Waals surface area contributed by atoms with Crippen LogP contribution in [0.15, 0.2) is 12.7 Å². The van der Waals surface area contributed by atoms with Gasteiger partial charge in [0.2, 0.25) is 0 Å². The van der Waals surface area contributed by atoms with Crippen LogP contribution in [0.25, 0.3) is 0 Å². The van der Waals surface area contributed by atoms with Crippen molar-refractivity contribution in [2.45, 2.75) is 53.9 Å². The molecule has 1 aliphatic carbocycles. The summed E-state index contributed by atoms with van der Waals surface area (Å²) < 4.78 is 0. The van der Waals surface area contributed by atoms with Crippen LogP contribution in [-0.2, 0) is 0 Å². The van der Waals surface area contributed by atoms with Crippen molar-refractivity contribution in [1.82, 2.24) is 0 Å². The van der Waals surface area contributed by atoms with Gasteiger partial charge < -0.3 is 0 Å². The molecule has 0 heterocycles. The lowest BCUT2D eigenvalue weighted by molar-refractivity contribution is -0.0363. The number of hydrogen-bond acceptors (Lipinski definition) is 0. The van der Waals surface area contributed by atoms with E-state index < -0.39 is 0 Å². The summed E-state index contributed by atoms with van der Waals surface area (Å²) in [4.78, 5) is 0. The summed E-state index contributed by atoms with van der Waals surface area (Å²) >= 11 is 0. The van der Waals surface area contributed by atoms with E-state index in [1.807, 2.05) is 0 Å². The lowest BCUT2D eigenvalue weighted by Gasteiger charge is -2.53. The van der Waals surface area contributed by atoms with Gasteiger partial charge in [0, 0.05) is 0 Å². The average molecular weight is 208 g/mol. The van der Waals surface area contributed by atoms with Gasteiger partial charge in [-0.3, -0.25) is 0 Å². The van der Waals surface area contributed by atoms with Gasteiger partial charge in [0.15, 0.2) is 0 Å². The van der Waals surface area contributed by atoms with E-state index >= 15 is 0 Å². The summed E-state index contributed by atoms with van der Waals surface area (Å²) in [5, 5.41) is 0. The Morgan fingerprint density at radius 3 is 2.33 bits per heavy atom. The molecule has 1 rings (SSSR count). The number of hydrogen-bond donors (Lipinski definition) is 0. The Labute approximate surface area is 96.2 Å². The quantitative estimate of drug-likeness (QED) is 0.563. The number of rotatable bonds is 5. The minimum atomic E-state index is 0.495. The summed E-state index contributed by atoms with van der Waals surface area (Å²) in [6.45, 7) is 16.0. The van der Waals surface area contributed by atoms with Crippen molar-refractivity contribution in [3.8, 4) is 0 Å². The minimum Gasteiger partial charge on any atom is -0.103 e. The highest BCUT2D eigenvalue weighted by molar-refractivity contribution is 4.96. The Kier molecular flexibility index (Phi) is 4.03. The summed E-state index contributed by atoms with van der Waals surface area (Å²) in [6, 6.07) is 0. The minimum absolute atomic E-state index is 0.495. The van der Waals surface area contributed by atoms with Gasteiger partial charge in [-0.1, -0.05) is 47.1 Å². The zero-order valence-corrected chi connectivity index (χ0v) is 11.2. The van der Waals surface area contributed by atoms with Gasteiger partial charge in [0.25, 0.3) is 0 Å². The van der Waals surface area contributed by atoms with E-state index in [0.29, 0.717) is 5.41 Å². The van der Waals surface area contributed by atoms with Crippen molar-refractivity contribution in [2.75, 3.05) is 0 Å². The van der Waals surface area contributed by atoms with Gasteiger partial charge in [-0.05, 0) is 41.9 Å². The Morgan fingerprint density at radius 2 is 2.00 bits per heavy atom. The molecule has 0 heteroatoms. The Hall–Kier alpha value is -0.260. The second-order valence-corrected chi connectivity index (χ2v) is 6.13. The summed E-state index contributed by atoms with van der Waals surface area (Å²) in [7, 11) is 0. The van der Waals surface area contributed by atoms with E-state index in [1.54, 1.807) is 0 Å². The highest BCUT2D eigenvalue weighted by Crippen LogP contribution is 2.54. The van der Waals surface area contributed by atoms with Gasteiger partial charge in [0.1, 0.15) is 0 Å². The van der Waals surface area contributed by atoms with E-state index in [9.17, 15) is 0 Å². The summed E-state index contributed by atoms with van der Waals surface area (Å²) in [6.07, 6.45) is 6.00. The van der Waals surface area contributed by atoms with Crippen LogP contribution in [0.4, 0.5) is 0 Å². The predicted molar refractivity (Wildman–Crippen MR) is 68.8 cm³/mol. The largest absolute Gasteiger partial charge is 0.103 e. The van der Waals surface area contributed by atoms with E-state index in [-0.39, 0.29) is 0 Å². The average Bonchev–Trinajstić information content (AvgIpc) is 2.21. The van der Waals surface area contributed by atoms with Crippen LogP contribution < -0.4 is 0 Å². The van der Waals surface area contributed by atoms with E-state index in [0.717, 1.165) is 23.7 Å². The molecule has 4 unspecified atom stereocenters. The molecule has 0 amide bonds. The lowest BCUT2D eigenvalue weighted by Crippen LogP contribution is -2.45. The van der Waals surface area contributed by atoms with Gasteiger partial charge in [-0.15, -0.1) is 6.58 Å². The van der Waals surface area contributed by atoms with Gasteiger partial charge in [0.05, 0.1) is 0 Å². The van der Waals surface area contributed by atoms with Gasteiger partial charge >= 0.3 is 0 Å². The summed E-state index contributed by atoms with van der Waals surface area (Å²) in [5.41, 5.74) is 0.495. The molecule has 0 aromatic carbocycles. The van der Waals surface area contributed by atoms with Crippen LogP contribution in [0.2, 0.25) is 0 Å².